The third-order valence-corrected chi connectivity index (χ3v) is 4.37. The van der Waals surface area contributed by atoms with Crippen molar-refractivity contribution in [1.82, 2.24) is 9.47 Å². The van der Waals surface area contributed by atoms with Gasteiger partial charge in [0, 0.05) is 42.3 Å². The number of morpholine rings is 1. The van der Waals surface area contributed by atoms with Crippen LogP contribution < -0.4 is 0 Å². The second kappa shape index (κ2) is 4.94. The third-order valence-electron chi connectivity index (χ3n) is 3.91. The summed E-state index contributed by atoms with van der Waals surface area (Å²) in [6, 6.07) is 8.45. The lowest BCUT2D eigenvalue weighted by molar-refractivity contribution is 0.0693. The molecule has 0 saturated carbocycles. The average molecular weight is 274 g/mol. The standard InChI is InChI=1S/C15H18N2OS/c1-11-14(15(19)17-7-9-18-10-8-17)12-5-3-4-6-13(12)16(11)2/h3-6H,7-10H2,1-2H3. The minimum absolute atomic E-state index is 0.768. The Hall–Kier alpha value is -1.39. The first-order valence-corrected chi connectivity index (χ1v) is 7.02. The van der Waals surface area contributed by atoms with Crippen LogP contribution in [0.1, 0.15) is 11.3 Å². The number of thiocarbonyl (C=S) groups is 1. The molecule has 1 fully saturated rings. The number of hydrogen-bond acceptors (Lipinski definition) is 2. The Morgan fingerprint density at radius 3 is 2.63 bits per heavy atom. The summed E-state index contributed by atoms with van der Waals surface area (Å²) in [6.45, 7) is 5.46. The van der Waals surface area contributed by atoms with Gasteiger partial charge in [-0.25, -0.2) is 0 Å². The highest BCUT2D eigenvalue weighted by Gasteiger charge is 2.21. The topological polar surface area (TPSA) is 17.4 Å². The van der Waals surface area contributed by atoms with E-state index in [1.165, 1.54) is 22.2 Å². The number of aromatic nitrogens is 1. The molecule has 1 aliphatic heterocycles. The number of aryl methyl sites for hydroxylation is 1. The van der Waals surface area contributed by atoms with Crippen LogP contribution in [0.15, 0.2) is 24.3 Å². The van der Waals surface area contributed by atoms with E-state index in [0.717, 1.165) is 31.3 Å². The van der Waals surface area contributed by atoms with E-state index in [1.54, 1.807) is 0 Å². The molecule has 19 heavy (non-hydrogen) atoms. The number of nitrogens with zero attached hydrogens (tertiary/aromatic N) is 2. The Kier molecular flexibility index (Phi) is 3.29. The van der Waals surface area contributed by atoms with Gasteiger partial charge in [0.05, 0.1) is 13.2 Å². The summed E-state index contributed by atoms with van der Waals surface area (Å²) in [7, 11) is 2.10. The molecule has 100 valence electrons. The fraction of sp³-hybridized carbons (Fsp3) is 0.400. The van der Waals surface area contributed by atoms with Gasteiger partial charge in [-0.2, -0.15) is 0 Å². The molecule has 1 saturated heterocycles. The molecule has 1 aromatic heterocycles. The molecule has 1 aliphatic rings. The molecule has 0 radical (unpaired) electrons. The fourth-order valence-corrected chi connectivity index (χ4v) is 3.16. The summed E-state index contributed by atoms with van der Waals surface area (Å²) in [5.41, 5.74) is 3.68. The largest absolute Gasteiger partial charge is 0.378 e. The van der Waals surface area contributed by atoms with Gasteiger partial charge >= 0.3 is 0 Å². The van der Waals surface area contributed by atoms with Crippen LogP contribution in [-0.2, 0) is 11.8 Å². The summed E-state index contributed by atoms with van der Waals surface area (Å²) in [4.78, 5) is 3.21. The summed E-state index contributed by atoms with van der Waals surface area (Å²) in [5.74, 6) is 0. The van der Waals surface area contributed by atoms with E-state index in [9.17, 15) is 0 Å². The molecular formula is C15H18N2OS. The number of hydrogen-bond donors (Lipinski definition) is 0. The monoisotopic (exact) mass is 274 g/mol. The van der Waals surface area contributed by atoms with Gasteiger partial charge in [-0.3, -0.25) is 0 Å². The first-order chi connectivity index (χ1) is 9.20. The minimum atomic E-state index is 0.768. The van der Waals surface area contributed by atoms with Crippen molar-refractivity contribution in [3.63, 3.8) is 0 Å². The van der Waals surface area contributed by atoms with Gasteiger partial charge in [0.15, 0.2) is 0 Å². The first kappa shape index (κ1) is 12.6. The molecule has 4 heteroatoms. The van der Waals surface area contributed by atoms with E-state index in [2.05, 4.69) is 47.7 Å². The van der Waals surface area contributed by atoms with Gasteiger partial charge in [-0.1, -0.05) is 30.4 Å². The van der Waals surface area contributed by atoms with Crippen molar-refractivity contribution in [3.8, 4) is 0 Å². The number of ether oxygens (including phenoxy) is 1. The maximum Gasteiger partial charge on any atom is 0.111 e. The Morgan fingerprint density at radius 1 is 1.21 bits per heavy atom. The molecule has 0 spiro atoms. The zero-order valence-electron chi connectivity index (χ0n) is 11.3. The van der Waals surface area contributed by atoms with Gasteiger partial charge < -0.3 is 14.2 Å². The second-order valence-corrected chi connectivity index (χ2v) is 5.33. The summed E-state index contributed by atoms with van der Waals surface area (Å²) >= 11 is 5.73. The van der Waals surface area contributed by atoms with E-state index in [4.69, 9.17) is 17.0 Å². The van der Waals surface area contributed by atoms with Gasteiger partial charge in [0.1, 0.15) is 4.99 Å². The Balaban J connectivity index is 2.09. The van der Waals surface area contributed by atoms with E-state index in [-0.39, 0.29) is 0 Å². The van der Waals surface area contributed by atoms with Crippen LogP contribution >= 0.6 is 12.2 Å². The number of fused-ring (bicyclic) bond motifs is 1. The minimum Gasteiger partial charge on any atom is -0.378 e. The van der Waals surface area contributed by atoms with E-state index >= 15 is 0 Å². The predicted octanol–water partition coefficient (Wildman–Crippen LogP) is 2.49. The van der Waals surface area contributed by atoms with Crippen LogP contribution in [0.4, 0.5) is 0 Å². The molecule has 0 bridgehead atoms. The normalized spacial score (nSPS) is 16.0. The highest BCUT2D eigenvalue weighted by molar-refractivity contribution is 7.80. The molecule has 0 atom stereocenters. The van der Waals surface area contributed by atoms with Crippen molar-refractivity contribution in [2.45, 2.75) is 6.92 Å². The van der Waals surface area contributed by atoms with Crippen LogP contribution in [0.25, 0.3) is 10.9 Å². The van der Waals surface area contributed by atoms with Gasteiger partial charge in [-0.15, -0.1) is 0 Å². The Labute approximate surface area is 118 Å². The molecule has 3 nitrogen and oxygen atoms in total. The Morgan fingerprint density at radius 2 is 1.89 bits per heavy atom. The highest BCUT2D eigenvalue weighted by Crippen LogP contribution is 2.26. The van der Waals surface area contributed by atoms with Crippen LogP contribution in [0, 0.1) is 6.92 Å². The number of para-hydroxylation sites is 1. The maximum absolute atomic E-state index is 5.73. The van der Waals surface area contributed by atoms with Gasteiger partial charge in [0.2, 0.25) is 0 Å². The zero-order chi connectivity index (χ0) is 13.4. The molecule has 2 heterocycles. The molecule has 0 N–H and O–H groups in total. The van der Waals surface area contributed by atoms with Crippen molar-refractivity contribution >= 4 is 28.1 Å². The van der Waals surface area contributed by atoms with E-state index in [1.807, 2.05) is 0 Å². The van der Waals surface area contributed by atoms with Crippen LogP contribution in [0.2, 0.25) is 0 Å². The fourth-order valence-electron chi connectivity index (χ4n) is 2.72. The van der Waals surface area contributed by atoms with Gasteiger partial charge in [0.25, 0.3) is 0 Å². The molecule has 0 amide bonds. The summed E-state index contributed by atoms with van der Waals surface area (Å²) in [6.07, 6.45) is 0. The molecule has 0 unspecified atom stereocenters. The number of benzene rings is 1. The van der Waals surface area contributed by atoms with Crippen molar-refractivity contribution < 1.29 is 4.74 Å². The quantitative estimate of drug-likeness (QED) is 0.744. The predicted molar refractivity (Wildman–Crippen MR) is 81.7 cm³/mol. The molecule has 1 aromatic carbocycles. The highest BCUT2D eigenvalue weighted by atomic mass is 32.1. The molecule has 3 rings (SSSR count). The number of rotatable bonds is 1. The molecule has 2 aromatic rings. The van der Waals surface area contributed by atoms with Crippen molar-refractivity contribution in [2.24, 2.45) is 7.05 Å². The van der Waals surface area contributed by atoms with Crippen LogP contribution in [0.5, 0.6) is 0 Å². The van der Waals surface area contributed by atoms with Crippen LogP contribution in [-0.4, -0.2) is 40.8 Å². The lowest BCUT2D eigenvalue weighted by Gasteiger charge is -2.29. The maximum atomic E-state index is 5.73. The lowest BCUT2D eigenvalue weighted by atomic mass is 10.1. The smallest absolute Gasteiger partial charge is 0.111 e. The molecular weight excluding hydrogens is 256 g/mol. The molecule has 0 aliphatic carbocycles. The van der Waals surface area contributed by atoms with Crippen molar-refractivity contribution in [3.05, 3.63) is 35.5 Å². The zero-order valence-corrected chi connectivity index (χ0v) is 12.2. The third kappa shape index (κ3) is 2.05. The van der Waals surface area contributed by atoms with Crippen LogP contribution in [0.3, 0.4) is 0 Å². The first-order valence-electron chi connectivity index (χ1n) is 6.61. The lowest BCUT2D eigenvalue weighted by Crippen LogP contribution is -2.40. The summed E-state index contributed by atoms with van der Waals surface area (Å²) < 4.78 is 7.62. The average Bonchev–Trinajstić information content (AvgIpc) is 2.72. The van der Waals surface area contributed by atoms with Gasteiger partial charge in [-0.05, 0) is 13.0 Å². The Bertz CT molecular complexity index is 626. The van der Waals surface area contributed by atoms with E-state index < -0.39 is 0 Å². The van der Waals surface area contributed by atoms with Crippen molar-refractivity contribution in [2.75, 3.05) is 26.3 Å². The summed E-state index contributed by atoms with van der Waals surface area (Å²) in [5, 5.41) is 1.25. The second-order valence-electron chi connectivity index (χ2n) is 4.94. The SMILES string of the molecule is Cc1c(C(=S)N2CCOCC2)c2ccccc2n1C. The van der Waals surface area contributed by atoms with Crippen molar-refractivity contribution in [1.29, 1.82) is 0 Å². The van der Waals surface area contributed by atoms with E-state index in [0.29, 0.717) is 0 Å².